The van der Waals surface area contributed by atoms with Crippen molar-refractivity contribution in [3.05, 3.63) is 35.7 Å². The number of benzene rings is 1. The number of aliphatic hydroxyl groups excluding tert-OH is 1. The minimum absolute atomic E-state index is 0.0208. The van der Waals surface area contributed by atoms with Crippen molar-refractivity contribution < 1.29 is 9.63 Å². The number of nitrogens with zero attached hydrogens (tertiary/aromatic N) is 3. The van der Waals surface area contributed by atoms with Crippen molar-refractivity contribution in [3.8, 4) is 11.4 Å². The molecule has 118 valence electrons. The van der Waals surface area contributed by atoms with Crippen molar-refractivity contribution in [1.29, 1.82) is 0 Å². The molecule has 1 N–H and O–H groups in total. The van der Waals surface area contributed by atoms with Crippen molar-refractivity contribution in [3.63, 3.8) is 0 Å². The van der Waals surface area contributed by atoms with Crippen LogP contribution in [0.4, 0.5) is 0 Å². The molecule has 0 aliphatic carbocycles. The van der Waals surface area contributed by atoms with Gasteiger partial charge in [-0.05, 0) is 38.3 Å². The van der Waals surface area contributed by atoms with Crippen LogP contribution < -0.4 is 0 Å². The SMILES string of the molecule is Cc1ccccc1-c1noc(C(C)N2CCC(C)C(O)C2)n1. The van der Waals surface area contributed by atoms with E-state index in [9.17, 15) is 5.11 Å². The summed E-state index contributed by atoms with van der Waals surface area (Å²) in [6, 6.07) is 8.04. The molecule has 0 bridgehead atoms. The minimum Gasteiger partial charge on any atom is -0.392 e. The number of likely N-dealkylation sites (tertiary alicyclic amines) is 1. The van der Waals surface area contributed by atoms with Gasteiger partial charge in [-0.2, -0.15) is 4.98 Å². The highest BCUT2D eigenvalue weighted by Gasteiger charge is 2.30. The van der Waals surface area contributed by atoms with Gasteiger partial charge in [-0.1, -0.05) is 36.3 Å². The molecule has 0 spiro atoms. The normalized spacial score (nSPS) is 24.4. The predicted octanol–water partition coefficient (Wildman–Crippen LogP) is 2.81. The summed E-state index contributed by atoms with van der Waals surface area (Å²) in [5, 5.41) is 14.2. The van der Waals surface area contributed by atoms with Crippen LogP contribution in [0.1, 0.15) is 37.8 Å². The number of aryl methyl sites for hydroxylation is 1. The monoisotopic (exact) mass is 301 g/mol. The van der Waals surface area contributed by atoms with Crippen LogP contribution in [-0.2, 0) is 0 Å². The topological polar surface area (TPSA) is 62.4 Å². The maximum Gasteiger partial charge on any atom is 0.244 e. The van der Waals surface area contributed by atoms with Gasteiger partial charge in [-0.15, -0.1) is 0 Å². The summed E-state index contributed by atoms with van der Waals surface area (Å²) >= 11 is 0. The van der Waals surface area contributed by atoms with E-state index in [-0.39, 0.29) is 12.1 Å². The standard InChI is InChI=1S/C17H23N3O2/c1-11-6-4-5-7-14(11)16-18-17(22-19-16)13(3)20-9-8-12(2)15(21)10-20/h4-7,12-13,15,21H,8-10H2,1-3H3. The van der Waals surface area contributed by atoms with E-state index in [0.29, 0.717) is 24.2 Å². The summed E-state index contributed by atoms with van der Waals surface area (Å²) in [5.74, 6) is 1.60. The fraction of sp³-hybridized carbons (Fsp3) is 0.529. The number of hydrogen-bond donors (Lipinski definition) is 1. The lowest BCUT2D eigenvalue weighted by Gasteiger charge is -2.36. The molecule has 22 heavy (non-hydrogen) atoms. The van der Waals surface area contributed by atoms with Crippen LogP contribution in [0.15, 0.2) is 28.8 Å². The van der Waals surface area contributed by atoms with Gasteiger partial charge in [0.1, 0.15) is 0 Å². The number of piperidine rings is 1. The quantitative estimate of drug-likeness (QED) is 0.944. The fourth-order valence-electron chi connectivity index (χ4n) is 2.92. The third kappa shape index (κ3) is 2.91. The van der Waals surface area contributed by atoms with Crippen molar-refractivity contribution in [2.45, 2.75) is 39.3 Å². The number of aromatic nitrogens is 2. The second-order valence-electron chi connectivity index (χ2n) is 6.28. The average molecular weight is 301 g/mol. The van der Waals surface area contributed by atoms with Crippen LogP contribution in [0.3, 0.4) is 0 Å². The van der Waals surface area contributed by atoms with E-state index in [0.717, 1.165) is 24.1 Å². The molecule has 1 aliphatic heterocycles. The largest absolute Gasteiger partial charge is 0.392 e. The third-order valence-electron chi connectivity index (χ3n) is 4.68. The Labute approximate surface area is 131 Å². The van der Waals surface area contributed by atoms with Crippen molar-refractivity contribution in [2.75, 3.05) is 13.1 Å². The summed E-state index contributed by atoms with van der Waals surface area (Å²) in [7, 11) is 0. The first-order valence-corrected chi connectivity index (χ1v) is 7.88. The zero-order valence-corrected chi connectivity index (χ0v) is 13.4. The Hall–Kier alpha value is -1.72. The second-order valence-corrected chi connectivity index (χ2v) is 6.28. The Morgan fingerprint density at radius 1 is 1.36 bits per heavy atom. The van der Waals surface area contributed by atoms with Gasteiger partial charge in [-0.3, -0.25) is 4.90 Å². The third-order valence-corrected chi connectivity index (χ3v) is 4.68. The van der Waals surface area contributed by atoms with Gasteiger partial charge in [0, 0.05) is 12.1 Å². The summed E-state index contributed by atoms with van der Waals surface area (Å²) in [6.45, 7) is 7.79. The van der Waals surface area contributed by atoms with Gasteiger partial charge in [-0.25, -0.2) is 0 Å². The van der Waals surface area contributed by atoms with Crippen LogP contribution in [0.5, 0.6) is 0 Å². The van der Waals surface area contributed by atoms with Gasteiger partial charge in [0.05, 0.1) is 12.1 Å². The first-order valence-electron chi connectivity index (χ1n) is 7.88. The lowest BCUT2D eigenvalue weighted by molar-refractivity contribution is 0.00707. The molecule has 1 aliphatic rings. The average Bonchev–Trinajstić information content (AvgIpc) is 2.99. The van der Waals surface area contributed by atoms with Crippen molar-refractivity contribution >= 4 is 0 Å². The molecule has 1 fully saturated rings. The Morgan fingerprint density at radius 2 is 2.14 bits per heavy atom. The molecule has 5 heteroatoms. The van der Waals surface area contributed by atoms with E-state index in [1.165, 1.54) is 0 Å². The van der Waals surface area contributed by atoms with Crippen LogP contribution in [0.25, 0.3) is 11.4 Å². The zero-order chi connectivity index (χ0) is 15.7. The lowest BCUT2D eigenvalue weighted by atomic mass is 9.95. The number of hydrogen-bond acceptors (Lipinski definition) is 5. The van der Waals surface area contributed by atoms with Crippen molar-refractivity contribution in [2.24, 2.45) is 5.92 Å². The number of β-amino-alcohol motifs (C(OH)–C–C–N with tert-alkyl or cyclic N) is 1. The molecule has 3 rings (SSSR count). The predicted molar refractivity (Wildman–Crippen MR) is 84.2 cm³/mol. The molecule has 3 atom stereocenters. The summed E-state index contributed by atoms with van der Waals surface area (Å²) in [4.78, 5) is 6.77. The molecule has 2 heterocycles. The van der Waals surface area contributed by atoms with Crippen LogP contribution in [0.2, 0.25) is 0 Å². The maximum atomic E-state index is 10.1. The first-order chi connectivity index (χ1) is 10.6. The van der Waals surface area contributed by atoms with Gasteiger partial charge < -0.3 is 9.63 Å². The second kappa shape index (κ2) is 6.18. The molecule has 3 unspecified atom stereocenters. The van der Waals surface area contributed by atoms with E-state index in [4.69, 9.17) is 4.52 Å². The molecule has 1 saturated heterocycles. The number of aliphatic hydroxyl groups is 1. The van der Waals surface area contributed by atoms with Crippen molar-refractivity contribution in [1.82, 2.24) is 15.0 Å². The highest BCUT2D eigenvalue weighted by atomic mass is 16.5. The maximum absolute atomic E-state index is 10.1. The Bertz CT molecular complexity index is 640. The minimum atomic E-state index is -0.282. The van der Waals surface area contributed by atoms with Gasteiger partial charge >= 0.3 is 0 Å². The molecule has 5 nitrogen and oxygen atoms in total. The van der Waals surface area contributed by atoms with Gasteiger partial charge in [0.25, 0.3) is 0 Å². The van der Waals surface area contributed by atoms with E-state index < -0.39 is 0 Å². The van der Waals surface area contributed by atoms with Crippen LogP contribution in [-0.4, -0.2) is 39.3 Å². The molecule has 1 aromatic carbocycles. The highest BCUT2D eigenvalue weighted by Crippen LogP contribution is 2.27. The molecule has 2 aromatic rings. The fourth-order valence-corrected chi connectivity index (χ4v) is 2.92. The van der Waals surface area contributed by atoms with Gasteiger partial charge in [0.2, 0.25) is 11.7 Å². The van der Waals surface area contributed by atoms with E-state index >= 15 is 0 Å². The molecule has 0 radical (unpaired) electrons. The van der Waals surface area contributed by atoms with Crippen LogP contribution in [0, 0.1) is 12.8 Å². The van der Waals surface area contributed by atoms with E-state index in [2.05, 4.69) is 28.9 Å². The van der Waals surface area contributed by atoms with E-state index in [1.807, 2.05) is 31.2 Å². The molecule has 1 aromatic heterocycles. The zero-order valence-electron chi connectivity index (χ0n) is 13.4. The van der Waals surface area contributed by atoms with E-state index in [1.54, 1.807) is 0 Å². The summed E-state index contributed by atoms with van der Waals surface area (Å²) in [6.07, 6.45) is 0.708. The Kier molecular flexibility index (Phi) is 4.27. The molecular weight excluding hydrogens is 278 g/mol. The number of rotatable bonds is 3. The Balaban J connectivity index is 1.78. The molecular formula is C17H23N3O2. The summed E-state index contributed by atoms with van der Waals surface area (Å²) < 4.78 is 5.47. The van der Waals surface area contributed by atoms with Gasteiger partial charge in [0.15, 0.2) is 0 Å². The lowest BCUT2D eigenvalue weighted by Crippen LogP contribution is -2.43. The highest BCUT2D eigenvalue weighted by molar-refractivity contribution is 5.58. The Morgan fingerprint density at radius 3 is 2.86 bits per heavy atom. The molecule has 0 saturated carbocycles. The van der Waals surface area contributed by atoms with Crippen LogP contribution >= 0.6 is 0 Å². The first kappa shape index (κ1) is 15.2. The molecule has 0 amide bonds. The smallest absolute Gasteiger partial charge is 0.244 e. The summed E-state index contributed by atoms with van der Waals surface area (Å²) in [5.41, 5.74) is 2.13.